The van der Waals surface area contributed by atoms with E-state index in [-0.39, 0.29) is 56.0 Å². The molecule has 35 heavy (non-hydrogen) atoms. The van der Waals surface area contributed by atoms with Crippen LogP contribution in [0, 0.1) is 49.4 Å². The molecule has 0 saturated carbocycles. The number of ether oxygens (including phenoxy) is 2. The Morgan fingerprint density at radius 3 is 1.89 bits per heavy atom. The average Bonchev–Trinajstić information content (AvgIpc) is 2.86. The van der Waals surface area contributed by atoms with Crippen LogP contribution in [0.25, 0.3) is 27.6 Å². The van der Waals surface area contributed by atoms with Gasteiger partial charge in [-0.25, -0.2) is 0 Å². The number of fused-ring (bicyclic) bond motifs is 3. The van der Waals surface area contributed by atoms with Crippen molar-refractivity contribution in [1.29, 1.82) is 0 Å². The molecule has 2 aromatic carbocycles. The number of nitrogens with zero attached hydrogens (tertiary/aromatic N) is 2. The maximum atomic E-state index is 9.27. The molecule has 0 fully saturated rings. The van der Waals surface area contributed by atoms with Crippen molar-refractivity contribution in [2.45, 2.75) is 13.2 Å². The molecular weight excluding hydrogens is 580 g/mol. The van der Waals surface area contributed by atoms with E-state index in [1.807, 2.05) is 12.1 Å². The quantitative estimate of drug-likeness (QED) is 0.0898. The molecule has 2 N–H and O–H groups in total. The Labute approximate surface area is 246 Å². The van der Waals surface area contributed by atoms with Gasteiger partial charge in [-0.1, -0.05) is 68.3 Å². The van der Waals surface area contributed by atoms with E-state index >= 15 is 0 Å². The standard InChI is InChI=1S/C16H20O4.C12H8N2.Eu/c1-11(2)12(3)19-9-10-20-13(4)14-7-5-6-8-15(14)16(17)18;1-3-9-5-6-10-4-2-8-14-12(10)11(9)13-7-1;/h5-8,16-18H,1,3-4,9-10H2,2H3;1-8H;. The van der Waals surface area contributed by atoms with Crippen LogP contribution in [0.3, 0.4) is 0 Å². The zero-order valence-electron chi connectivity index (χ0n) is 19.5. The van der Waals surface area contributed by atoms with Crippen LogP contribution in [0.4, 0.5) is 0 Å². The van der Waals surface area contributed by atoms with Crippen molar-refractivity contribution < 1.29 is 69.1 Å². The third kappa shape index (κ3) is 8.05. The number of hydrogen-bond acceptors (Lipinski definition) is 6. The molecule has 0 unspecified atom stereocenters. The minimum Gasteiger partial charge on any atom is -0.490 e. The van der Waals surface area contributed by atoms with E-state index in [1.165, 1.54) is 0 Å². The van der Waals surface area contributed by atoms with Crippen molar-refractivity contribution in [2.24, 2.45) is 0 Å². The zero-order chi connectivity index (χ0) is 24.5. The topological polar surface area (TPSA) is 84.7 Å². The summed E-state index contributed by atoms with van der Waals surface area (Å²) in [6.07, 6.45) is 2.04. The van der Waals surface area contributed by atoms with Gasteiger partial charge >= 0.3 is 0 Å². The van der Waals surface area contributed by atoms with Gasteiger partial charge in [0, 0.05) is 83.7 Å². The predicted octanol–water partition coefficient (Wildman–Crippen LogP) is 5.55. The number of pyridine rings is 2. The van der Waals surface area contributed by atoms with Crippen LogP contribution < -0.4 is 0 Å². The summed E-state index contributed by atoms with van der Waals surface area (Å²) in [5, 5.41) is 20.8. The van der Waals surface area contributed by atoms with Crippen LogP contribution in [-0.4, -0.2) is 33.4 Å². The van der Waals surface area contributed by atoms with Gasteiger partial charge in [0.2, 0.25) is 0 Å². The molecule has 0 amide bonds. The fraction of sp³-hybridized carbons (Fsp3) is 0.143. The number of aliphatic hydroxyl groups excluding tert-OH is 1. The van der Waals surface area contributed by atoms with Gasteiger partial charge in [-0.3, -0.25) is 9.97 Å². The Bertz CT molecular complexity index is 1270. The maximum absolute atomic E-state index is 9.27. The first-order valence-corrected chi connectivity index (χ1v) is 10.7. The number of rotatable bonds is 8. The van der Waals surface area contributed by atoms with Crippen molar-refractivity contribution in [3.05, 3.63) is 115 Å². The van der Waals surface area contributed by atoms with Crippen molar-refractivity contribution in [1.82, 2.24) is 9.97 Å². The van der Waals surface area contributed by atoms with E-state index in [4.69, 9.17) is 9.47 Å². The molecule has 0 aliphatic carbocycles. The first-order chi connectivity index (χ1) is 16.4. The Hall–Kier alpha value is -2.42. The molecule has 2 heterocycles. The number of hydrogen-bond donors (Lipinski definition) is 2. The first-order valence-electron chi connectivity index (χ1n) is 10.7. The van der Waals surface area contributed by atoms with Gasteiger partial charge in [0.1, 0.15) is 24.7 Å². The van der Waals surface area contributed by atoms with E-state index in [0.717, 1.165) is 27.4 Å². The second kappa shape index (κ2) is 14.2. The van der Waals surface area contributed by atoms with Crippen LogP contribution in [0.2, 0.25) is 0 Å². The molecule has 0 aliphatic heterocycles. The molecular formula is C28H28EuN2O4. The Morgan fingerprint density at radius 2 is 1.34 bits per heavy atom. The normalized spacial score (nSPS) is 10.2. The van der Waals surface area contributed by atoms with Crippen LogP contribution >= 0.6 is 0 Å². The maximum Gasteiger partial charge on any atom is 0.179 e. The second-order valence-electron chi connectivity index (χ2n) is 7.50. The molecule has 0 aliphatic rings. The molecule has 0 spiro atoms. The Morgan fingerprint density at radius 1 is 0.800 bits per heavy atom. The molecule has 0 bridgehead atoms. The van der Waals surface area contributed by atoms with Gasteiger partial charge in [-0.2, -0.15) is 0 Å². The number of aromatic nitrogens is 2. The summed E-state index contributed by atoms with van der Waals surface area (Å²) in [4.78, 5) is 8.69. The largest absolute Gasteiger partial charge is 0.490 e. The number of benzene rings is 2. The van der Waals surface area contributed by atoms with E-state index in [9.17, 15) is 10.2 Å². The molecule has 1 radical (unpaired) electrons. The number of aliphatic hydroxyl groups is 2. The van der Waals surface area contributed by atoms with Gasteiger partial charge < -0.3 is 19.7 Å². The minimum atomic E-state index is -1.56. The fourth-order valence-electron chi connectivity index (χ4n) is 3.19. The van der Waals surface area contributed by atoms with Crippen LogP contribution in [0.1, 0.15) is 24.3 Å². The Kier molecular flexibility index (Phi) is 11.7. The summed E-state index contributed by atoms with van der Waals surface area (Å²) >= 11 is 0. The van der Waals surface area contributed by atoms with Crippen molar-refractivity contribution in [2.75, 3.05) is 13.2 Å². The molecule has 0 atom stereocenters. The second-order valence-corrected chi connectivity index (χ2v) is 7.50. The van der Waals surface area contributed by atoms with Gasteiger partial charge in [-0.05, 0) is 24.6 Å². The van der Waals surface area contributed by atoms with Crippen LogP contribution in [0.5, 0.6) is 0 Å². The molecule has 0 saturated heterocycles. The monoisotopic (exact) mass is 609 g/mol. The summed E-state index contributed by atoms with van der Waals surface area (Å²) in [6.45, 7) is 13.6. The fourth-order valence-corrected chi connectivity index (χ4v) is 3.19. The third-order valence-electron chi connectivity index (χ3n) is 5.00. The molecule has 6 nitrogen and oxygen atoms in total. The Balaban J connectivity index is 0.000000251. The summed E-state index contributed by atoms with van der Waals surface area (Å²) in [5.74, 6) is 0.878. The smallest absolute Gasteiger partial charge is 0.179 e. The third-order valence-corrected chi connectivity index (χ3v) is 5.00. The molecule has 7 heteroatoms. The van der Waals surface area contributed by atoms with E-state index in [2.05, 4.69) is 54.0 Å². The zero-order valence-corrected chi connectivity index (χ0v) is 21.9. The van der Waals surface area contributed by atoms with Gasteiger partial charge in [0.05, 0.1) is 11.0 Å². The van der Waals surface area contributed by atoms with Crippen LogP contribution in [-0.2, 0) is 9.47 Å². The van der Waals surface area contributed by atoms with E-state index < -0.39 is 6.29 Å². The summed E-state index contributed by atoms with van der Waals surface area (Å²) in [6, 6.07) is 18.9. The summed E-state index contributed by atoms with van der Waals surface area (Å²) in [5.41, 5.74) is 3.62. The number of allylic oxidation sites excluding steroid dienone is 1. The van der Waals surface area contributed by atoms with E-state index in [1.54, 1.807) is 43.6 Å². The summed E-state index contributed by atoms with van der Waals surface area (Å²) in [7, 11) is 0. The van der Waals surface area contributed by atoms with Crippen molar-refractivity contribution in [3.8, 4) is 0 Å². The van der Waals surface area contributed by atoms with E-state index in [0.29, 0.717) is 29.3 Å². The first kappa shape index (κ1) is 28.8. The van der Waals surface area contributed by atoms with Crippen molar-refractivity contribution in [3.63, 3.8) is 0 Å². The van der Waals surface area contributed by atoms with Gasteiger partial charge in [0.25, 0.3) is 0 Å². The molecule has 181 valence electrons. The average molecular weight is 609 g/mol. The summed E-state index contributed by atoms with van der Waals surface area (Å²) < 4.78 is 10.7. The van der Waals surface area contributed by atoms with Gasteiger partial charge in [0.15, 0.2) is 6.29 Å². The molecule has 4 aromatic rings. The molecule has 4 rings (SSSR count). The molecule has 2 aromatic heterocycles. The van der Waals surface area contributed by atoms with Crippen LogP contribution in [0.15, 0.2) is 104 Å². The SMILES string of the molecule is C=C(C)C(=C)OCCOC(=C)c1ccccc1C(O)O.[Eu].c1cnc2c(c1)ccc1cccnc12. The minimum absolute atomic E-state index is 0. The predicted molar refractivity (Wildman–Crippen MR) is 136 cm³/mol. The van der Waals surface area contributed by atoms with Crippen molar-refractivity contribution >= 4 is 27.6 Å². The van der Waals surface area contributed by atoms with Gasteiger partial charge in [-0.15, -0.1) is 0 Å².